The minimum absolute atomic E-state index is 0. The van der Waals surface area contributed by atoms with E-state index in [-0.39, 0.29) is 35.7 Å². The van der Waals surface area contributed by atoms with Crippen molar-refractivity contribution >= 4 is 11.9 Å². The van der Waals surface area contributed by atoms with Crippen LogP contribution in [0, 0.1) is 0 Å². The third-order valence-corrected chi connectivity index (χ3v) is 0.794. The van der Waals surface area contributed by atoms with Crippen LogP contribution in [0.25, 0.3) is 0 Å². The van der Waals surface area contributed by atoms with Crippen LogP contribution in [-0.4, -0.2) is 39.5 Å². The number of carbonyl (C=O) groups is 2. The van der Waals surface area contributed by atoms with Crippen LogP contribution in [0.2, 0.25) is 0 Å². The first-order chi connectivity index (χ1) is 4.46. The molecule has 66 valence electrons. The predicted molar refractivity (Wildman–Crippen MR) is 29.7 cm³/mol. The zero-order chi connectivity index (χ0) is 8.31. The summed E-state index contributed by atoms with van der Waals surface area (Å²) in [6.45, 7) is 0. The number of aliphatic hydroxyl groups is 2. The van der Waals surface area contributed by atoms with Gasteiger partial charge >= 0.3 is 35.5 Å². The van der Waals surface area contributed by atoms with Gasteiger partial charge in [-0.05, 0) is 0 Å². The van der Waals surface area contributed by atoms with Crippen LogP contribution in [0.4, 0.5) is 0 Å². The number of carboxylic acids is 2. The van der Waals surface area contributed by atoms with Gasteiger partial charge in [0, 0.05) is 0 Å². The summed E-state index contributed by atoms with van der Waals surface area (Å²) in [6, 6.07) is 0. The molecule has 0 aromatic heterocycles. The van der Waals surface area contributed by atoms with Crippen molar-refractivity contribution < 1.29 is 59.6 Å². The molecular weight excluding hydrogens is 181 g/mol. The second kappa shape index (κ2) is 7.47. The van der Waals surface area contributed by atoms with E-state index in [1.165, 1.54) is 0 Å². The molecule has 0 saturated carbocycles. The second-order valence-electron chi connectivity index (χ2n) is 1.55. The van der Waals surface area contributed by atoms with Gasteiger partial charge in [-0.1, -0.05) is 0 Å². The maximum atomic E-state index is 9.74. The average Bonchev–Trinajstić information content (AvgIpc) is 1.84. The first-order valence-electron chi connectivity index (χ1n) is 2.26. The molecular formula is C4H8NNaO6. The van der Waals surface area contributed by atoms with Gasteiger partial charge in [0.15, 0.2) is 6.10 Å². The summed E-state index contributed by atoms with van der Waals surface area (Å²) in [5, 5.41) is 34.1. The monoisotopic (exact) mass is 189 g/mol. The van der Waals surface area contributed by atoms with Crippen molar-refractivity contribution in [2.75, 3.05) is 0 Å². The first kappa shape index (κ1) is 17.8. The quantitative estimate of drug-likeness (QED) is 0.322. The number of rotatable bonds is 3. The van der Waals surface area contributed by atoms with Gasteiger partial charge < -0.3 is 31.4 Å². The molecule has 0 aliphatic rings. The molecule has 8 heteroatoms. The zero-order valence-electron chi connectivity index (χ0n) is 6.43. The molecule has 0 unspecified atom stereocenters. The van der Waals surface area contributed by atoms with Gasteiger partial charge in [0.2, 0.25) is 0 Å². The fourth-order valence-electron chi connectivity index (χ4n) is 0.264. The SMILES string of the molecule is N.O=C([O-])[C@H](O)[C@@H](O)C(=O)O.[Na+]. The smallest absolute Gasteiger partial charge is 0.547 e. The van der Waals surface area contributed by atoms with E-state index in [4.69, 9.17) is 15.3 Å². The number of hydrogen-bond acceptors (Lipinski definition) is 6. The van der Waals surface area contributed by atoms with E-state index in [1.807, 2.05) is 0 Å². The fourth-order valence-corrected chi connectivity index (χ4v) is 0.264. The van der Waals surface area contributed by atoms with Crippen molar-refractivity contribution in [3.05, 3.63) is 0 Å². The molecule has 0 saturated heterocycles. The van der Waals surface area contributed by atoms with E-state index >= 15 is 0 Å². The van der Waals surface area contributed by atoms with E-state index < -0.39 is 24.1 Å². The molecule has 0 rings (SSSR count). The van der Waals surface area contributed by atoms with Crippen LogP contribution >= 0.6 is 0 Å². The summed E-state index contributed by atoms with van der Waals surface area (Å²) < 4.78 is 0. The van der Waals surface area contributed by atoms with Crippen LogP contribution in [0.1, 0.15) is 0 Å². The molecule has 0 bridgehead atoms. The molecule has 0 spiro atoms. The van der Waals surface area contributed by atoms with Gasteiger partial charge in [-0.3, -0.25) is 0 Å². The normalized spacial score (nSPS) is 13.2. The Morgan fingerprint density at radius 2 is 1.50 bits per heavy atom. The molecule has 0 heterocycles. The Balaban J connectivity index is -0.000000405. The molecule has 0 aromatic carbocycles. The van der Waals surface area contributed by atoms with Crippen LogP contribution in [0.15, 0.2) is 0 Å². The molecule has 7 nitrogen and oxygen atoms in total. The molecule has 2 atom stereocenters. The van der Waals surface area contributed by atoms with Crippen molar-refractivity contribution in [2.24, 2.45) is 0 Å². The topological polar surface area (TPSA) is 153 Å². The van der Waals surface area contributed by atoms with E-state index in [1.54, 1.807) is 0 Å². The Bertz CT molecular complexity index is 144. The van der Waals surface area contributed by atoms with Crippen molar-refractivity contribution in [3.63, 3.8) is 0 Å². The second-order valence-corrected chi connectivity index (χ2v) is 1.55. The van der Waals surface area contributed by atoms with Crippen molar-refractivity contribution in [2.45, 2.75) is 12.2 Å². The third-order valence-electron chi connectivity index (χ3n) is 0.794. The minimum atomic E-state index is -2.38. The molecule has 0 aromatic rings. The number of aliphatic hydroxyl groups excluding tert-OH is 2. The summed E-state index contributed by atoms with van der Waals surface area (Å²) in [6.07, 6.45) is -4.71. The van der Waals surface area contributed by atoms with Crippen LogP contribution in [-0.2, 0) is 9.59 Å². The van der Waals surface area contributed by atoms with Crippen LogP contribution in [0.5, 0.6) is 0 Å². The Hall–Kier alpha value is -0.180. The Labute approximate surface area is 89.9 Å². The standard InChI is InChI=1S/C4H6O6.H3N.Na/c5-1(3(7)8)2(6)4(9)10;;/h1-2,5-6H,(H,7,8)(H,9,10);1H3;/q;;+1/p-1/t1-,2-;;/m1../s1. The summed E-state index contributed by atoms with van der Waals surface area (Å²) >= 11 is 0. The van der Waals surface area contributed by atoms with E-state index in [0.717, 1.165) is 0 Å². The first-order valence-corrected chi connectivity index (χ1v) is 2.26. The third kappa shape index (κ3) is 5.47. The summed E-state index contributed by atoms with van der Waals surface area (Å²) in [5.41, 5.74) is 0. The van der Waals surface area contributed by atoms with Gasteiger partial charge in [-0.2, -0.15) is 0 Å². The van der Waals surface area contributed by atoms with Crippen molar-refractivity contribution in [1.82, 2.24) is 6.15 Å². The van der Waals surface area contributed by atoms with Crippen molar-refractivity contribution in [3.8, 4) is 0 Å². The Morgan fingerprint density at radius 1 is 1.17 bits per heavy atom. The molecule has 0 radical (unpaired) electrons. The van der Waals surface area contributed by atoms with E-state index in [0.29, 0.717) is 0 Å². The van der Waals surface area contributed by atoms with Crippen molar-refractivity contribution in [1.29, 1.82) is 0 Å². The van der Waals surface area contributed by atoms with Crippen LogP contribution in [0.3, 0.4) is 0 Å². The Kier molecular flexibility index (Phi) is 11.1. The molecule has 0 fully saturated rings. The van der Waals surface area contributed by atoms with Gasteiger partial charge in [-0.25, -0.2) is 4.79 Å². The molecule has 0 amide bonds. The van der Waals surface area contributed by atoms with E-state index in [2.05, 4.69) is 0 Å². The largest absolute Gasteiger partial charge is 1.00 e. The predicted octanol–water partition coefficient (Wildman–Crippen LogP) is -6.29. The maximum Gasteiger partial charge on any atom is 1.00 e. The summed E-state index contributed by atoms with van der Waals surface area (Å²) in [4.78, 5) is 19.4. The number of carboxylic acid groups (broad SMARTS) is 2. The van der Waals surface area contributed by atoms with E-state index in [9.17, 15) is 14.7 Å². The summed E-state index contributed by atoms with van der Waals surface area (Å²) in [7, 11) is 0. The minimum Gasteiger partial charge on any atom is -0.547 e. The molecule has 0 aliphatic heterocycles. The van der Waals surface area contributed by atoms with Crippen LogP contribution < -0.4 is 40.8 Å². The number of aliphatic carboxylic acids is 2. The Morgan fingerprint density at radius 3 is 1.58 bits per heavy atom. The summed E-state index contributed by atoms with van der Waals surface area (Å²) in [5.74, 6) is -3.83. The average molecular weight is 189 g/mol. The zero-order valence-corrected chi connectivity index (χ0v) is 8.43. The fraction of sp³-hybridized carbons (Fsp3) is 0.500. The van der Waals surface area contributed by atoms with Gasteiger partial charge in [0.05, 0.1) is 5.97 Å². The maximum absolute atomic E-state index is 9.74. The van der Waals surface area contributed by atoms with Gasteiger partial charge in [-0.15, -0.1) is 0 Å². The van der Waals surface area contributed by atoms with Gasteiger partial charge in [0.1, 0.15) is 6.10 Å². The molecule has 6 N–H and O–H groups in total. The van der Waals surface area contributed by atoms with Gasteiger partial charge in [0.25, 0.3) is 0 Å². The molecule has 0 aliphatic carbocycles. The number of hydrogen-bond donors (Lipinski definition) is 4. The molecule has 12 heavy (non-hydrogen) atoms. The number of carbonyl (C=O) groups excluding carboxylic acids is 1.